The number of ether oxygens (including phenoxy) is 1. The van der Waals surface area contributed by atoms with E-state index in [1.54, 1.807) is 11.0 Å². The number of hydrogen-bond donors (Lipinski definition) is 1. The second kappa shape index (κ2) is 6.80. The van der Waals surface area contributed by atoms with Crippen molar-refractivity contribution in [2.24, 2.45) is 0 Å². The van der Waals surface area contributed by atoms with E-state index in [0.29, 0.717) is 45.0 Å². The Morgan fingerprint density at radius 2 is 2.20 bits per heavy atom. The second-order valence-corrected chi connectivity index (χ2v) is 4.33. The zero-order valence-corrected chi connectivity index (χ0v) is 10.9. The van der Waals surface area contributed by atoms with Crippen molar-refractivity contribution in [1.82, 2.24) is 9.88 Å². The zero-order valence-electron chi connectivity index (χ0n) is 10.9. The summed E-state index contributed by atoms with van der Waals surface area (Å²) in [5.74, 6) is -0.115. The van der Waals surface area contributed by atoms with E-state index < -0.39 is 4.92 Å². The molecule has 0 saturated carbocycles. The van der Waals surface area contributed by atoms with E-state index in [-0.39, 0.29) is 11.7 Å². The molecule has 1 saturated heterocycles. The lowest BCUT2D eigenvalue weighted by atomic mass is 10.3. The first-order valence-electron chi connectivity index (χ1n) is 6.36. The highest BCUT2D eigenvalue weighted by Crippen LogP contribution is 2.11. The third-order valence-electron chi connectivity index (χ3n) is 2.97. The Balaban J connectivity index is 1.74. The Morgan fingerprint density at radius 1 is 1.45 bits per heavy atom. The highest BCUT2D eigenvalue weighted by atomic mass is 16.6. The Bertz CT molecular complexity index is 471. The fourth-order valence-electron chi connectivity index (χ4n) is 1.88. The van der Waals surface area contributed by atoms with Gasteiger partial charge in [0, 0.05) is 32.1 Å². The minimum absolute atomic E-state index is 0.0793. The van der Waals surface area contributed by atoms with Gasteiger partial charge in [-0.2, -0.15) is 0 Å². The molecule has 2 rings (SSSR count). The molecule has 8 nitrogen and oxygen atoms in total. The maximum absolute atomic E-state index is 11.9. The van der Waals surface area contributed by atoms with E-state index in [0.717, 1.165) is 0 Å². The van der Waals surface area contributed by atoms with Gasteiger partial charge in [0.1, 0.15) is 0 Å². The van der Waals surface area contributed by atoms with Crippen LogP contribution in [0.2, 0.25) is 0 Å². The van der Waals surface area contributed by atoms with Crippen molar-refractivity contribution in [3.63, 3.8) is 0 Å². The second-order valence-electron chi connectivity index (χ2n) is 4.33. The number of amides is 1. The van der Waals surface area contributed by atoms with Gasteiger partial charge in [0.2, 0.25) is 5.91 Å². The maximum atomic E-state index is 11.9. The average Bonchev–Trinajstić information content (AvgIpc) is 2.48. The van der Waals surface area contributed by atoms with Crippen LogP contribution in [0.4, 0.5) is 11.5 Å². The molecule has 0 bridgehead atoms. The van der Waals surface area contributed by atoms with E-state index in [4.69, 9.17) is 4.74 Å². The fraction of sp³-hybridized carbons (Fsp3) is 0.500. The largest absolute Gasteiger partial charge is 0.381 e. The number of nitrogens with one attached hydrogen (secondary N) is 1. The van der Waals surface area contributed by atoms with Gasteiger partial charge in [-0.3, -0.25) is 4.79 Å². The van der Waals surface area contributed by atoms with Gasteiger partial charge in [-0.15, -0.1) is 0 Å². The van der Waals surface area contributed by atoms with Gasteiger partial charge in [0.05, 0.1) is 18.9 Å². The van der Waals surface area contributed by atoms with Crippen molar-refractivity contribution in [2.45, 2.75) is 6.42 Å². The van der Waals surface area contributed by atoms with Crippen molar-refractivity contribution in [3.05, 3.63) is 28.4 Å². The van der Waals surface area contributed by atoms with E-state index in [1.807, 2.05) is 0 Å². The Morgan fingerprint density at radius 3 is 2.80 bits per heavy atom. The van der Waals surface area contributed by atoms with Gasteiger partial charge in [-0.05, 0) is 16.0 Å². The van der Waals surface area contributed by atoms with Gasteiger partial charge in [0.15, 0.2) is 6.20 Å². The van der Waals surface area contributed by atoms with Crippen LogP contribution in [0.25, 0.3) is 0 Å². The summed E-state index contributed by atoms with van der Waals surface area (Å²) in [4.78, 5) is 27.2. The molecule has 1 aromatic rings. The summed E-state index contributed by atoms with van der Waals surface area (Å²) in [7, 11) is 0. The van der Waals surface area contributed by atoms with Gasteiger partial charge >= 0.3 is 5.82 Å². The first kappa shape index (κ1) is 14.2. The lowest BCUT2D eigenvalue weighted by molar-refractivity contribution is -0.389. The summed E-state index contributed by atoms with van der Waals surface area (Å²) in [6, 6.07) is 2.90. The Kier molecular flexibility index (Phi) is 4.83. The normalized spacial score (nSPS) is 14.9. The smallest absolute Gasteiger partial charge is 0.363 e. The summed E-state index contributed by atoms with van der Waals surface area (Å²) < 4.78 is 5.18. The van der Waals surface area contributed by atoms with Crippen LogP contribution in [0.15, 0.2) is 18.3 Å². The van der Waals surface area contributed by atoms with Crippen LogP contribution in [-0.4, -0.2) is 53.6 Å². The van der Waals surface area contributed by atoms with Gasteiger partial charge in [0.25, 0.3) is 0 Å². The molecular formula is C12H16N4O4. The highest BCUT2D eigenvalue weighted by Gasteiger charge is 2.16. The zero-order chi connectivity index (χ0) is 14.4. The van der Waals surface area contributed by atoms with Crippen molar-refractivity contribution >= 4 is 17.4 Å². The standard InChI is InChI=1S/C12H16N4O4/c17-12(15-5-7-20-8-6-15)3-4-13-10-1-2-11(14-9-10)16(18)19/h1-2,9,13H,3-8H2. The van der Waals surface area contributed by atoms with Crippen LogP contribution in [0.1, 0.15) is 6.42 Å². The number of pyridine rings is 1. The number of rotatable bonds is 5. The lowest BCUT2D eigenvalue weighted by Gasteiger charge is -2.26. The molecule has 0 radical (unpaired) electrons. The maximum Gasteiger partial charge on any atom is 0.363 e. The van der Waals surface area contributed by atoms with Crippen molar-refractivity contribution in [2.75, 3.05) is 38.2 Å². The lowest BCUT2D eigenvalue weighted by Crippen LogP contribution is -2.41. The molecule has 1 aliphatic heterocycles. The topological polar surface area (TPSA) is 97.6 Å². The number of carbonyl (C=O) groups is 1. The van der Waals surface area contributed by atoms with Crippen LogP contribution in [0.3, 0.4) is 0 Å². The third kappa shape index (κ3) is 3.89. The average molecular weight is 280 g/mol. The molecule has 1 aromatic heterocycles. The molecule has 20 heavy (non-hydrogen) atoms. The predicted octanol–water partition coefficient (Wildman–Crippen LogP) is 0.651. The molecule has 2 heterocycles. The van der Waals surface area contributed by atoms with E-state index in [1.165, 1.54) is 12.3 Å². The molecule has 1 N–H and O–H groups in total. The molecule has 1 aliphatic rings. The monoisotopic (exact) mass is 280 g/mol. The molecule has 108 valence electrons. The van der Waals surface area contributed by atoms with Gasteiger partial charge in [-0.1, -0.05) is 0 Å². The van der Waals surface area contributed by atoms with Crippen molar-refractivity contribution in [1.29, 1.82) is 0 Å². The number of hydrogen-bond acceptors (Lipinski definition) is 6. The first-order valence-corrected chi connectivity index (χ1v) is 6.36. The molecule has 0 aliphatic carbocycles. The summed E-state index contributed by atoms with van der Waals surface area (Å²) in [5.41, 5.74) is 0.658. The van der Waals surface area contributed by atoms with Crippen LogP contribution in [0, 0.1) is 10.1 Å². The Labute approximate surface area is 115 Å². The minimum Gasteiger partial charge on any atom is -0.381 e. The Hall–Kier alpha value is -2.22. The molecule has 0 atom stereocenters. The number of morpholine rings is 1. The number of carbonyl (C=O) groups excluding carboxylic acids is 1. The fourth-order valence-corrected chi connectivity index (χ4v) is 1.88. The molecule has 1 amide bonds. The molecule has 0 aromatic carbocycles. The summed E-state index contributed by atoms with van der Waals surface area (Å²) in [6.45, 7) is 2.92. The third-order valence-corrected chi connectivity index (χ3v) is 2.97. The number of anilines is 1. The van der Waals surface area contributed by atoms with Crippen LogP contribution < -0.4 is 5.32 Å². The SMILES string of the molecule is O=C(CCNc1ccc([N+](=O)[O-])nc1)N1CCOCC1. The van der Waals surface area contributed by atoms with E-state index in [2.05, 4.69) is 10.3 Å². The van der Waals surface area contributed by atoms with Gasteiger partial charge < -0.3 is 25.1 Å². The molecule has 0 unspecified atom stereocenters. The van der Waals surface area contributed by atoms with E-state index in [9.17, 15) is 14.9 Å². The minimum atomic E-state index is -0.550. The summed E-state index contributed by atoms with van der Waals surface area (Å²) in [6.07, 6.45) is 1.76. The summed E-state index contributed by atoms with van der Waals surface area (Å²) in [5, 5.41) is 13.5. The highest BCUT2D eigenvalue weighted by molar-refractivity contribution is 5.76. The predicted molar refractivity (Wildman–Crippen MR) is 71.4 cm³/mol. The molecule has 8 heteroatoms. The number of aromatic nitrogens is 1. The molecule has 1 fully saturated rings. The van der Waals surface area contributed by atoms with Gasteiger partial charge in [-0.25, -0.2) is 0 Å². The quantitative estimate of drug-likeness (QED) is 0.628. The van der Waals surface area contributed by atoms with Crippen molar-refractivity contribution in [3.8, 4) is 0 Å². The van der Waals surface area contributed by atoms with Crippen LogP contribution in [0.5, 0.6) is 0 Å². The number of nitro groups is 1. The van der Waals surface area contributed by atoms with E-state index >= 15 is 0 Å². The molecule has 0 spiro atoms. The first-order chi connectivity index (χ1) is 9.66. The molecular weight excluding hydrogens is 264 g/mol. The number of nitrogens with zero attached hydrogens (tertiary/aromatic N) is 3. The van der Waals surface area contributed by atoms with Crippen molar-refractivity contribution < 1.29 is 14.5 Å². The summed E-state index contributed by atoms with van der Waals surface area (Å²) >= 11 is 0. The van der Waals surface area contributed by atoms with Crippen LogP contribution >= 0.6 is 0 Å². The van der Waals surface area contributed by atoms with Crippen LogP contribution in [-0.2, 0) is 9.53 Å².